The van der Waals surface area contributed by atoms with Crippen molar-refractivity contribution in [1.82, 2.24) is 0 Å². The first-order chi connectivity index (χ1) is 9.08. The Bertz CT molecular complexity index is 413. The molecule has 0 saturated heterocycles. The Hall–Kier alpha value is -1.31. The topological polar surface area (TPSA) is 37.3 Å². The molecule has 0 aromatic heterocycles. The number of carboxylic acid groups (broad SMARTS) is 1. The van der Waals surface area contributed by atoms with Crippen molar-refractivity contribution in [1.29, 1.82) is 0 Å². The molecule has 1 aromatic rings. The first kappa shape index (κ1) is 14.1. The average Bonchev–Trinajstić information content (AvgIpc) is 2.84. The van der Waals surface area contributed by atoms with E-state index in [1.807, 2.05) is 12.1 Å². The Morgan fingerprint density at radius 3 is 2.26 bits per heavy atom. The second kappa shape index (κ2) is 6.23. The van der Waals surface area contributed by atoms with Gasteiger partial charge in [-0.3, -0.25) is 4.79 Å². The van der Waals surface area contributed by atoms with Gasteiger partial charge in [-0.25, -0.2) is 0 Å². The normalized spacial score (nSPS) is 17.8. The van der Waals surface area contributed by atoms with Crippen LogP contribution in [0.1, 0.15) is 56.6 Å². The molecule has 2 heteroatoms. The molecule has 104 valence electrons. The van der Waals surface area contributed by atoms with E-state index in [0.717, 1.165) is 24.8 Å². The molecule has 0 radical (unpaired) electrons. The fourth-order valence-electron chi connectivity index (χ4n) is 3.24. The molecule has 1 aromatic carbocycles. The van der Waals surface area contributed by atoms with Gasteiger partial charge in [0.05, 0.1) is 5.92 Å². The van der Waals surface area contributed by atoms with E-state index in [4.69, 9.17) is 0 Å². The fraction of sp³-hybridized carbons (Fsp3) is 0.588. The van der Waals surface area contributed by atoms with E-state index in [1.54, 1.807) is 0 Å². The summed E-state index contributed by atoms with van der Waals surface area (Å²) in [5.74, 6) is -0.0106. The lowest BCUT2D eigenvalue weighted by atomic mass is 9.84. The quantitative estimate of drug-likeness (QED) is 0.859. The van der Waals surface area contributed by atoms with E-state index in [2.05, 4.69) is 26.0 Å². The number of hydrogen-bond donors (Lipinski definition) is 1. The highest BCUT2D eigenvalue weighted by Crippen LogP contribution is 2.37. The van der Waals surface area contributed by atoms with Crippen LogP contribution in [0, 0.1) is 11.8 Å². The maximum atomic E-state index is 11.5. The predicted octanol–water partition coefficient (Wildman–Crippen LogP) is 4.24. The van der Waals surface area contributed by atoms with Gasteiger partial charge in [0.1, 0.15) is 0 Å². The number of aliphatic carboxylic acids is 1. The smallest absolute Gasteiger partial charge is 0.311 e. The third-order valence-electron chi connectivity index (χ3n) is 4.12. The fourth-order valence-corrected chi connectivity index (χ4v) is 3.24. The van der Waals surface area contributed by atoms with E-state index in [0.29, 0.717) is 11.8 Å². The zero-order valence-electron chi connectivity index (χ0n) is 11.9. The highest BCUT2D eigenvalue weighted by atomic mass is 16.4. The van der Waals surface area contributed by atoms with Gasteiger partial charge in [0, 0.05) is 0 Å². The summed E-state index contributed by atoms with van der Waals surface area (Å²) in [6.07, 6.45) is 5.54. The van der Waals surface area contributed by atoms with Crippen LogP contribution in [0.15, 0.2) is 24.3 Å². The van der Waals surface area contributed by atoms with E-state index in [9.17, 15) is 9.90 Å². The molecule has 0 amide bonds. The monoisotopic (exact) mass is 260 g/mol. The highest BCUT2D eigenvalue weighted by Gasteiger charge is 2.31. The molecule has 2 rings (SSSR count). The molecule has 1 unspecified atom stereocenters. The first-order valence-corrected chi connectivity index (χ1v) is 7.39. The summed E-state index contributed by atoms with van der Waals surface area (Å²) in [6.45, 7) is 4.40. The van der Waals surface area contributed by atoms with Crippen LogP contribution < -0.4 is 0 Å². The third-order valence-corrected chi connectivity index (χ3v) is 4.12. The standard InChI is InChI=1S/C17H24O2/c1-12(2)11-13-7-9-15(10-8-13)16(17(18)19)14-5-3-4-6-14/h7-10,12,14,16H,3-6,11H2,1-2H3,(H,18,19). The van der Waals surface area contributed by atoms with Gasteiger partial charge in [-0.1, -0.05) is 51.0 Å². The van der Waals surface area contributed by atoms with Gasteiger partial charge in [-0.15, -0.1) is 0 Å². The van der Waals surface area contributed by atoms with Crippen molar-refractivity contribution in [3.8, 4) is 0 Å². The minimum Gasteiger partial charge on any atom is -0.481 e. The number of benzene rings is 1. The molecular formula is C17H24O2. The van der Waals surface area contributed by atoms with Crippen LogP contribution >= 0.6 is 0 Å². The number of carboxylic acids is 1. The van der Waals surface area contributed by atoms with Gasteiger partial charge >= 0.3 is 5.97 Å². The molecule has 1 saturated carbocycles. The highest BCUT2D eigenvalue weighted by molar-refractivity contribution is 5.76. The third kappa shape index (κ3) is 3.59. The lowest BCUT2D eigenvalue weighted by Crippen LogP contribution is -2.19. The van der Waals surface area contributed by atoms with Crippen LogP contribution in [-0.2, 0) is 11.2 Å². The van der Waals surface area contributed by atoms with E-state index < -0.39 is 5.97 Å². The minimum absolute atomic E-state index is 0.310. The number of hydrogen-bond acceptors (Lipinski definition) is 1. The van der Waals surface area contributed by atoms with Crippen molar-refractivity contribution in [3.63, 3.8) is 0 Å². The van der Waals surface area contributed by atoms with Crippen LogP contribution in [0.5, 0.6) is 0 Å². The van der Waals surface area contributed by atoms with Crippen LogP contribution in [-0.4, -0.2) is 11.1 Å². The van der Waals surface area contributed by atoms with Crippen LogP contribution in [0.4, 0.5) is 0 Å². The Kier molecular flexibility index (Phi) is 4.62. The van der Waals surface area contributed by atoms with Crippen molar-refractivity contribution in [2.75, 3.05) is 0 Å². The lowest BCUT2D eigenvalue weighted by Gasteiger charge is -2.20. The Balaban J connectivity index is 2.15. The SMILES string of the molecule is CC(C)Cc1ccc(C(C(=O)O)C2CCCC2)cc1. The van der Waals surface area contributed by atoms with Crippen molar-refractivity contribution in [2.45, 2.75) is 51.9 Å². The van der Waals surface area contributed by atoms with Crippen molar-refractivity contribution in [2.24, 2.45) is 11.8 Å². The molecule has 0 bridgehead atoms. The Morgan fingerprint density at radius 2 is 1.79 bits per heavy atom. The van der Waals surface area contributed by atoms with Gasteiger partial charge < -0.3 is 5.11 Å². The summed E-state index contributed by atoms with van der Waals surface area (Å²) >= 11 is 0. The van der Waals surface area contributed by atoms with Crippen LogP contribution in [0.25, 0.3) is 0 Å². The molecule has 0 heterocycles. The summed E-state index contributed by atoms with van der Waals surface area (Å²) in [5, 5.41) is 9.50. The second-order valence-electron chi connectivity index (χ2n) is 6.20. The van der Waals surface area contributed by atoms with Crippen molar-refractivity contribution in [3.05, 3.63) is 35.4 Å². The lowest BCUT2D eigenvalue weighted by molar-refractivity contribution is -0.140. The van der Waals surface area contributed by atoms with Crippen LogP contribution in [0.3, 0.4) is 0 Å². The molecule has 1 atom stereocenters. The molecule has 1 fully saturated rings. The number of carbonyl (C=O) groups is 1. The molecule has 1 N–H and O–H groups in total. The predicted molar refractivity (Wildman–Crippen MR) is 77.3 cm³/mol. The first-order valence-electron chi connectivity index (χ1n) is 7.39. The molecule has 0 spiro atoms. The van der Waals surface area contributed by atoms with Gasteiger partial charge in [0.15, 0.2) is 0 Å². The average molecular weight is 260 g/mol. The van der Waals surface area contributed by atoms with E-state index >= 15 is 0 Å². The molecule has 2 nitrogen and oxygen atoms in total. The largest absolute Gasteiger partial charge is 0.481 e. The second-order valence-corrected chi connectivity index (χ2v) is 6.20. The maximum absolute atomic E-state index is 11.5. The van der Waals surface area contributed by atoms with E-state index in [1.165, 1.54) is 18.4 Å². The molecule has 0 aliphatic heterocycles. The van der Waals surface area contributed by atoms with Crippen molar-refractivity contribution >= 4 is 5.97 Å². The summed E-state index contributed by atoms with van der Waals surface area (Å²) in [7, 11) is 0. The minimum atomic E-state index is -0.663. The zero-order valence-corrected chi connectivity index (χ0v) is 11.9. The Labute approximate surface area is 115 Å². The molecule has 19 heavy (non-hydrogen) atoms. The Morgan fingerprint density at radius 1 is 1.21 bits per heavy atom. The maximum Gasteiger partial charge on any atom is 0.311 e. The molecule has 1 aliphatic rings. The zero-order chi connectivity index (χ0) is 13.8. The van der Waals surface area contributed by atoms with Crippen molar-refractivity contribution < 1.29 is 9.90 Å². The van der Waals surface area contributed by atoms with Gasteiger partial charge in [0.25, 0.3) is 0 Å². The van der Waals surface area contributed by atoms with E-state index in [-0.39, 0.29) is 5.92 Å². The summed E-state index contributed by atoms with van der Waals surface area (Å²) < 4.78 is 0. The van der Waals surface area contributed by atoms with Gasteiger partial charge in [-0.2, -0.15) is 0 Å². The van der Waals surface area contributed by atoms with Gasteiger partial charge in [-0.05, 0) is 42.2 Å². The number of rotatable bonds is 5. The molecule has 1 aliphatic carbocycles. The summed E-state index contributed by atoms with van der Waals surface area (Å²) in [4.78, 5) is 11.5. The summed E-state index contributed by atoms with van der Waals surface area (Å²) in [6, 6.07) is 8.24. The summed E-state index contributed by atoms with van der Waals surface area (Å²) in [5.41, 5.74) is 2.28. The molecular weight excluding hydrogens is 236 g/mol. The van der Waals surface area contributed by atoms with Crippen LogP contribution in [0.2, 0.25) is 0 Å². The van der Waals surface area contributed by atoms with Gasteiger partial charge in [0.2, 0.25) is 0 Å².